The number of nitrogens with one attached hydrogen (secondary N) is 1. The highest BCUT2D eigenvalue weighted by Crippen LogP contribution is 2.31. The van der Waals surface area contributed by atoms with E-state index in [1.165, 1.54) is 4.90 Å². The lowest BCUT2D eigenvalue weighted by Gasteiger charge is -2.36. The number of hydrogen-bond donors (Lipinski definition) is 1. The highest BCUT2D eigenvalue weighted by atomic mass is 35.5. The number of hydrogen-bond acceptors (Lipinski definition) is 6. The molecule has 1 N–H and O–H groups in total. The van der Waals surface area contributed by atoms with Gasteiger partial charge in [-0.1, -0.05) is 36.6 Å². The summed E-state index contributed by atoms with van der Waals surface area (Å²) in [6.07, 6.45) is 1.25. The van der Waals surface area contributed by atoms with E-state index in [1.54, 1.807) is 19.9 Å². The maximum Gasteiger partial charge on any atom is 0.434 e. The standard InChI is InChI=1S/C22H28ClN5O5/c1-14(2)18-20(30)28(21(31)24-18)33-22(32)27-12-10-25(11-13-27)16-7-5-6-15(17(16)23)19(29)26-8-3-4-9-26/h5-7,14,18H,3-4,8-13H2,1-2H3,(H,24,31). The van der Waals surface area contributed by atoms with Gasteiger partial charge in [-0.25, -0.2) is 9.59 Å². The van der Waals surface area contributed by atoms with Gasteiger partial charge in [0, 0.05) is 39.3 Å². The van der Waals surface area contributed by atoms with Gasteiger partial charge in [-0.15, -0.1) is 0 Å². The number of benzene rings is 1. The van der Waals surface area contributed by atoms with Crippen LogP contribution >= 0.6 is 11.6 Å². The van der Waals surface area contributed by atoms with Crippen molar-refractivity contribution in [2.24, 2.45) is 5.92 Å². The maximum absolute atomic E-state index is 12.8. The van der Waals surface area contributed by atoms with Gasteiger partial charge >= 0.3 is 12.1 Å². The summed E-state index contributed by atoms with van der Waals surface area (Å²) in [5.41, 5.74) is 1.22. The van der Waals surface area contributed by atoms with E-state index >= 15 is 0 Å². The van der Waals surface area contributed by atoms with Crippen molar-refractivity contribution in [3.63, 3.8) is 0 Å². The molecule has 3 saturated heterocycles. The summed E-state index contributed by atoms with van der Waals surface area (Å²) in [5, 5.41) is 3.43. The summed E-state index contributed by atoms with van der Waals surface area (Å²) < 4.78 is 0. The van der Waals surface area contributed by atoms with Crippen LogP contribution in [0, 0.1) is 5.92 Å². The normalized spacial score (nSPS) is 21.2. The first-order chi connectivity index (χ1) is 15.8. The van der Waals surface area contributed by atoms with Crippen molar-refractivity contribution in [1.29, 1.82) is 0 Å². The summed E-state index contributed by atoms with van der Waals surface area (Å²) in [6, 6.07) is 3.96. The average molecular weight is 478 g/mol. The number of piperazine rings is 1. The van der Waals surface area contributed by atoms with Crippen LogP contribution in [0.4, 0.5) is 15.3 Å². The first-order valence-corrected chi connectivity index (χ1v) is 11.6. The Labute approximate surface area is 197 Å². The van der Waals surface area contributed by atoms with Gasteiger partial charge < -0.3 is 24.9 Å². The van der Waals surface area contributed by atoms with E-state index in [1.807, 2.05) is 21.9 Å². The van der Waals surface area contributed by atoms with Crippen LogP contribution in [0.3, 0.4) is 0 Å². The van der Waals surface area contributed by atoms with E-state index in [9.17, 15) is 19.2 Å². The Morgan fingerprint density at radius 2 is 1.70 bits per heavy atom. The molecule has 1 aromatic carbocycles. The van der Waals surface area contributed by atoms with Crippen LogP contribution in [-0.2, 0) is 9.63 Å². The number of carbonyl (C=O) groups is 4. The molecule has 33 heavy (non-hydrogen) atoms. The minimum atomic E-state index is -0.758. The van der Waals surface area contributed by atoms with Crippen molar-refractivity contribution in [1.82, 2.24) is 20.2 Å². The number of carbonyl (C=O) groups excluding carboxylic acids is 4. The van der Waals surface area contributed by atoms with Gasteiger partial charge in [0.25, 0.3) is 11.8 Å². The van der Waals surface area contributed by atoms with Gasteiger partial charge in [-0.2, -0.15) is 0 Å². The first kappa shape index (κ1) is 23.2. The second kappa shape index (κ2) is 9.46. The van der Waals surface area contributed by atoms with Crippen LogP contribution in [0.25, 0.3) is 0 Å². The first-order valence-electron chi connectivity index (χ1n) is 11.2. The van der Waals surface area contributed by atoms with E-state index in [4.69, 9.17) is 16.4 Å². The minimum Gasteiger partial charge on any atom is -0.367 e. The molecule has 10 nitrogen and oxygen atoms in total. The van der Waals surface area contributed by atoms with Crippen LogP contribution < -0.4 is 10.2 Å². The fourth-order valence-electron chi connectivity index (χ4n) is 4.30. The lowest BCUT2D eigenvalue weighted by Crippen LogP contribution is -2.51. The van der Waals surface area contributed by atoms with Crippen LogP contribution in [0.2, 0.25) is 5.02 Å². The van der Waals surface area contributed by atoms with Crippen molar-refractivity contribution < 1.29 is 24.0 Å². The molecule has 0 spiro atoms. The SMILES string of the molecule is CC(C)C1NC(=O)N(OC(=O)N2CCN(c3cccc(C(=O)N4CCCC4)c3Cl)CC2)C1=O. The number of anilines is 1. The predicted molar refractivity (Wildman–Crippen MR) is 121 cm³/mol. The number of hydroxylamine groups is 2. The summed E-state index contributed by atoms with van der Waals surface area (Å²) in [5.74, 6) is -0.755. The Kier molecular flexibility index (Phi) is 6.64. The number of amides is 5. The zero-order valence-electron chi connectivity index (χ0n) is 18.8. The molecule has 178 valence electrons. The monoisotopic (exact) mass is 477 g/mol. The molecular weight excluding hydrogens is 450 g/mol. The summed E-state index contributed by atoms with van der Waals surface area (Å²) in [7, 11) is 0. The molecule has 3 fully saturated rings. The number of nitrogens with zero attached hydrogens (tertiary/aromatic N) is 4. The molecule has 3 aliphatic rings. The lowest BCUT2D eigenvalue weighted by molar-refractivity contribution is -0.152. The van der Waals surface area contributed by atoms with Gasteiger partial charge in [-0.05, 0) is 30.9 Å². The molecule has 3 aliphatic heterocycles. The van der Waals surface area contributed by atoms with Crippen molar-refractivity contribution in [3.05, 3.63) is 28.8 Å². The third kappa shape index (κ3) is 4.57. The number of rotatable bonds is 4. The minimum absolute atomic E-state index is 0.0603. The Morgan fingerprint density at radius 1 is 1.03 bits per heavy atom. The molecule has 1 aromatic rings. The van der Waals surface area contributed by atoms with Crippen molar-refractivity contribution in [3.8, 4) is 0 Å². The van der Waals surface area contributed by atoms with Crippen LogP contribution in [-0.4, -0.2) is 84.1 Å². The molecule has 0 radical (unpaired) electrons. The molecule has 1 unspecified atom stereocenters. The fourth-order valence-corrected chi connectivity index (χ4v) is 4.63. The van der Waals surface area contributed by atoms with Crippen molar-refractivity contribution >= 4 is 41.2 Å². The summed E-state index contributed by atoms with van der Waals surface area (Å²) in [6.45, 7) is 6.65. The summed E-state index contributed by atoms with van der Waals surface area (Å²) >= 11 is 6.62. The molecule has 1 atom stereocenters. The third-order valence-electron chi connectivity index (χ3n) is 6.25. The van der Waals surface area contributed by atoms with Gasteiger partial charge in [0.1, 0.15) is 6.04 Å². The average Bonchev–Trinajstić information content (AvgIpc) is 3.43. The maximum atomic E-state index is 12.8. The predicted octanol–water partition coefficient (Wildman–Crippen LogP) is 2.33. The number of likely N-dealkylation sites (tertiary alicyclic amines) is 1. The lowest BCUT2D eigenvalue weighted by atomic mass is 10.1. The van der Waals surface area contributed by atoms with Crippen molar-refractivity contribution in [2.45, 2.75) is 32.7 Å². The zero-order chi connectivity index (χ0) is 23.7. The van der Waals surface area contributed by atoms with Crippen LogP contribution in [0.5, 0.6) is 0 Å². The quantitative estimate of drug-likeness (QED) is 0.668. The van der Waals surface area contributed by atoms with Gasteiger partial charge in [0.15, 0.2) is 0 Å². The highest BCUT2D eigenvalue weighted by Gasteiger charge is 2.43. The number of halogens is 1. The molecule has 11 heteroatoms. The second-order valence-electron chi connectivity index (χ2n) is 8.77. The van der Waals surface area contributed by atoms with Crippen LogP contribution in [0.15, 0.2) is 18.2 Å². The van der Waals surface area contributed by atoms with E-state index in [-0.39, 0.29) is 11.8 Å². The van der Waals surface area contributed by atoms with Gasteiger partial charge in [0.05, 0.1) is 16.3 Å². The molecule has 0 aliphatic carbocycles. The number of imide groups is 1. The van der Waals surface area contributed by atoms with E-state index in [0.29, 0.717) is 41.8 Å². The highest BCUT2D eigenvalue weighted by molar-refractivity contribution is 6.36. The Hall–Kier alpha value is -3.01. The van der Waals surface area contributed by atoms with Gasteiger partial charge in [-0.3, -0.25) is 9.59 Å². The molecule has 4 rings (SSSR count). The van der Waals surface area contributed by atoms with E-state index < -0.39 is 24.1 Å². The van der Waals surface area contributed by atoms with E-state index in [0.717, 1.165) is 31.6 Å². The zero-order valence-corrected chi connectivity index (χ0v) is 19.5. The van der Waals surface area contributed by atoms with E-state index in [2.05, 4.69) is 5.32 Å². The third-order valence-corrected chi connectivity index (χ3v) is 6.64. The molecule has 0 bridgehead atoms. The van der Waals surface area contributed by atoms with Crippen LogP contribution in [0.1, 0.15) is 37.0 Å². The molecule has 5 amide bonds. The fraction of sp³-hybridized carbons (Fsp3) is 0.545. The second-order valence-corrected chi connectivity index (χ2v) is 9.15. The molecule has 0 aromatic heterocycles. The number of urea groups is 1. The Morgan fingerprint density at radius 3 is 2.30 bits per heavy atom. The summed E-state index contributed by atoms with van der Waals surface area (Å²) in [4.78, 5) is 60.1. The van der Waals surface area contributed by atoms with Crippen molar-refractivity contribution in [2.75, 3.05) is 44.2 Å². The molecule has 3 heterocycles. The molecular formula is C22H28ClN5O5. The Balaban J connectivity index is 1.37. The topological polar surface area (TPSA) is 102 Å². The largest absolute Gasteiger partial charge is 0.434 e. The molecule has 0 saturated carbocycles. The smallest absolute Gasteiger partial charge is 0.367 e. The Bertz CT molecular complexity index is 956. The van der Waals surface area contributed by atoms with Gasteiger partial charge in [0.2, 0.25) is 0 Å².